The number of para-hydroxylation sites is 1. The van der Waals surface area contributed by atoms with Gasteiger partial charge in [0, 0.05) is 23.2 Å². The van der Waals surface area contributed by atoms with Crippen LogP contribution in [0.3, 0.4) is 0 Å². The van der Waals surface area contributed by atoms with Gasteiger partial charge in [-0.2, -0.15) is 0 Å². The van der Waals surface area contributed by atoms with Crippen molar-refractivity contribution in [2.45, 2.75) is 20.1 Å². The number of rotatable bonds is 4. The lowest BCUT2D eigenvalue weighted by atomic mass is 10.2. The van der Waals surface area contributed by atoms with Crippen LogP contribution in [0.2, 0.25) is 5.02 Å². The lowest BCUT2D eigenvalue weighted by Gasteiger charge is -2.10. The molecular formula is C12H13ClN2OS. The first-order valence-corrected chi connectivity index (χ1v) is 6.47. The van der Waals surface area contributed by atoms with Gasteiger partial charge in [-0.1, -0.05) is 23.7 Å². The molecule has 1 heterocycles. The maximum atomic E-state index is 6.08. The van der Waals surface area contributed by atoms with Crippen molar-refractivity contribution >= 4 is 22.9 Å². The summed E-state index contributed by atoms with van der Waals surface area (Å²) in [6.45, 7) is 2.79. The van der Waals surface area contributed by atoms with Gasteiger partial charge < -0.3 is 10.5 Å². The number of aryl methyl sites for hydroxylation is 1. The van der Waals surface area contributed by atoms with Gasteiger partial charge in [-0.05, 0) is 13.0 Å². The molecule has 0 bridgehead atoms. The Morgan fingerprint density at radius 3 is 2.94 bits per heavy atom. The molecule has 17 heavy (non-hydrogen) atoms. The molecular weight excluding hydrogens is 256 g/mol. The summed E-state index contributed by atoms with van der Waals surface area (Å²) in [5.74, 6) is 0.657. The Hall–Kier alpha value is -1.10. The van der Waals surface area contributed by atoms with Crippen LogP contribution in [0.25, 0.3) is 0 Å². The first-order valence-electron chi connectivity index (χ1n) is 5.22. The van der Waals surface area contributed by atoms with E-state index in [0.29, 0.717) is 23.9 Å². The fourth-order valence-corrected chi connectivity index (χ4v) is 2.41. The van der Waals surface area contributed by atoms with E-state index in [1.807, 2.05) is 24.4 Å². The predicted octanol–water partition coefficient (Wildman–Crippen LogP) is 3.14. The monoisotopic (exact) mass is 268 g/mol. The minimum absolute atomic E-state index is 0.410. The second-order valence-electron chi connectivity index (χ2n) is 3.60. The Bertz CT molecular complexity index is 513. The first kappa shape index (κ1) is 12.4. The van der Waals surface area contributed by atoms with Gasteiger partial charge in [0.1, 0.15) is 17.4 Å². The molecule has 0 radical (unpaired) electrons. The van der Waals surface area contributed by atoms with Gasteiger partial charge >= 0.3 is 0 Å². The number of ether oxygens (including phenoxy) is 1. The van der Waals surface area contributed by atoms with E-state index in [2.05, 4.69) is 4.98 Å². The Morgan fingerprint density at radius 2 is 2.29 bits per heavy atom. The fraction of sp³-hybridized carbons (Fsp3) is 0.250. The van der Waals surface area contributed by atoms with Gasteiger partial charge in [0.25, 0.3) is 0 Å². The maximum absolute atomic E-state index is 6.08. The van der Waals surface area contributed by atoms with Crippen LogP contribution in [-0.4, -0.2) is 4.98 Å². The lowest BCUT2D eigenvalue weighted by Crippen LogP contribution is -2.03. The Labute approximate surface area is 109 Å². The van der Waals surface area contributed by atoms with Crippen molar-refractivity contribution in [2.24, 2.45) is 5.73 Å². The number of hydrogen-bond donors (Lipinski definition) is 1. The molecule has 0 unspecified atom stereocenters. The summed E-state index contributed by atoms with van der Waals surface area (Å²) in [6.07, 6.45) is 0. The molecule has 0 amide bonds. The second kappa shape index (κ2) is 5.49. The highest BCUT2D eigenvalue weighted by molar-refractivity contribution is 7.09. The molecule has 3 nitrogen and oxygen atoms in total. The molecule has 0 atom stereocenters. The van der Waals surface area contributed by atoms with Crippen LogP contribution < -0.4 is 10.5 Å². The van der Waals surface area contributed by atoms with Crippen molar-refractivity contribution in [3.05, 3.63) is 44.9 Å². The van der Waals surface area contributed by atoms with E-state index in [1.165, 1.54) is 0 Å². The average Bonchev–Trinajstić information content (AvgIpc) is 2.73. The highest BCUT2D eigenvalue weighted by atomic mass is 35.5. The summed E-state index contributed by atoms with van der Waals surface area (Å²) >= 11 is 7.66. The van der Waals surface area contributed by atoms with Crippen LogP contribution >= 0.6 is 22.9 Å². The number of nitrogens with zero attached hydrogens (tertiary/aromatic N) is 1. The maximum Gasteiger partial charge on any atom is 0.143 e. The van der Waals surface area contributed by atoms with Gasteiger partial charge in [-0.3, -0.25) is 0 Å². The number of benzene rings is 1. The van der Waals surface area contributed by atoms with Crippen LogP contribution in [0.4, 0.5) is 0 Å². The normalized spacial score (nSPS) is 10.5. The summed E-state index contributed by atoms with van der Waals surface area (Å²) in [5, 5.41) is 3.52. The van der Waals surface area contributed by atoms with Crippen molar-refractivity contribution in [1.29, 1.82) is 0 Å². The van der Waals surface area contributed by atoms with Crippen molar-refractivity contribution in [3.8, 4) is 5.75 Å². The Kier molecular flexibility index (Phi) is 3.99. The van der Waals surface area contributed by atoms with E-state index < -0.39 is 0 Å². The largest absolute Gasteiger partial charge is 0.485 e. The summed E-state index contributed by atoms with van der Waals surface area (Å²) in [7, 11) is 0. The summed E-state index contributed by atoms with van der Waals surface area (Å²) in [4.78, 5) is 4.33. The van der Waals surface area contributed by atoms with Gasteiger partial charge in [-0.25, -0.2) is 4.98 Å². The zero-order valence-electron chi connectivity index (χ0n) is 9.44. The van der Waals surface area contributed by atoms with E-state index in [0.717, 1.165) is 16.3 Å². The highest BCUT2D eigenvalue weighted by Gasteiger charge is 2.08. The van der Waals surface area contributed by atoms with Crippen molar-refractivity contribution in [3.63, 3.8) is 0 Å². The molecule has 0 saturated heterocycles. The molecule has 2 rings (SSSR count). The van der Waals surface area contributed by atoms with Gasteiger partial charge in [0.15, 0.2) is 0 Å². The molecule has 0 aliphatic rings. The Morgan fingerprint density at radius 1 is 1.47 bits per heavy atom. The second-order valence-corrected chi connectivity index (χ2v) is 4.95. The fourth-order valence-electron chi connectivity index (χ4n) is 1.48. The van der Waals surface area contributed by atoms with Gasteiger partial charge in [-0.15, -0.1) is 11.3 Å². The van der Waals surface area contributed by atoms with Crippen molar-refractivity contribution < 1.29 is 4.74 Å². The molecule has 0 fully saturated rings. The quantitative estimate of drug-likeness (QED) is 0.927. The highest BCUT2D eigenvalue weighted by Crippen LogP contribution is 2.29. The molecule has 0 spiro atoms. The van der Waals surface area contributed by atoms with Gasteiger partial charge in [0.05, 0.1) is 5.02 Å². The number of thiazole rings is 1. The zero-order valence-corrected chi connectivity index (χ0v) is 11.0. The van der Waals surface area contributed by atoms with E-state index in [-0.39, 0.29) is 0 Å². The molecule has 2 aromatic rings. The molecule has 1 aromatic carbocycles. The van der Waals surface area contributed by atoms with Crippen LogP contribution in [0.5, 0.6) is 5.75 Å². The third kappa shape index (κ3) is 2.97. The van der Waals surface area contributed by atoms with Crippen LogP contribution in [-0.2, 0) is 13.2 Å². The minimum Gasteiger partial charge on any atom is -0.485 e. The summed E-state index contributed by atoms with van der Waals surface area (Å²) in [6, 6.07) is 5.57. The van der Waals surface area contributed by atoms with E-state index in [9.17, 15) is 0 Å². The molecule has 0 aliphatic heterocycles. The molecule has 5 heteroatoms. The molecule has 1 aromatic heterocycles. The molecule has 0 saturated carbocycles. The minimum atomic E-state index is 0.410. The van der Waals surface area contributed by atoms with Crippen molar-refractivity contribution in [1.82, 2.24) is 4.98 Å². The number of halogens is 1. The van der Waals surface area contributed by atoms with E-state index in [1.54, 1.807) is 17.4 Å². The lowest BCUT2D eigenvalue weighted by molar-refractivity contribution is 0.302. The van der Waals surface area contributed by atoms with Crippen LogP contribution in [0.1, 0.15) is 16.3 Å². The molecule has 90 valence electrons. The zero-order chi connectivity index (χ0) is 12.3. The predicted molar refractivity (Wildman–Crippen MR) is 70.5 cm³/mol. The first-order chi connectivity index (χ1) is 8.20. The number of nitrogens with two attached hydrogens (primary N) is 1. The van der Waals surface area contributed by atoms with Crippen LogP contribution in [0.15, 0.2) is 23.6 Å². The third-order valence-electron chi connectivity index (χ3n) is 2.27. The SMILES string of the molecule is Cc1csc(COc2c(Cl)cccc2CN)n1. The van der Waals surface area contributed by atoms with E-state index in [4.69, 9.17) is 22.1 Å². The number of hydrogen-bond acceptors (Lipinski definition) is 4. The summed E-state index contributed by atoms with van der Waals surface area (Å²) in [5.41, 5.74) is 7.56. The standard InChI is InChI=1S/C12H13ClN2OS/c1-8-7-17-11(15-8)6-16-12-9(5-14)3-2-4-10(12)13/h2-4,7H,5-6,14H2,1H3. The molecule has 2 N–H and O–H groups in total. The van der Waals surface area contributed by atoms with Gasteiger partial charge in [0.2, 0.25) is 0 Å². The van der Waals surface area contributed by atoms with Crippen molar-refractivity contribution in [2.75, 3.05) is 0 Å². The smallest absolute Gasteiger partial charge is 0.143 e. The van der Waals surface area contributed by atoms with E-state index >= 15 is 0 Å². The average molecular weight is 269 g/mol. The summed E-state index contributed by atoms with van der Waals surface area (Å²) < 4.78 is 5.69. The third-order valence-corrected chi connectivity index (χ3v) is 3.51. The topological polar surface area (TPSA) is 48.1 Å². The van der Waals surface area contributed by atoms with Crippen LogP contribution in [0, 0.1) is 6.92 Å². The Balaban J connectivity index is 2.13. The molecule has 0 aliphatic carbocycles. The number of aromatic nitrogens is 1.